The van der Waals surface area contributed by atoms with Crippen molar-refractivity contribution in [2.75, 3.05) is 19.9 Å². The maximum absolute atomic E-state index is 15.0. The van der Waals surface area contributed by atoms with Crippen molar-refractivity contribution in [1.29, 1.82) is 0 Å². The first kappa shape index (κ1) is 32.4. The van der Waals surface area contributed by atoms with Crippen LogP contribution in [0.1, 0.15) is 32.8 Å². The summed E-state index contributed by atoms with van der Waals surface area (Å²) in [7, 11) is -2.25. The number of aryl methyl sites for hydroxylation is 1. The molecule has 214 valence electrons. The zero-order chi connectivity index (χ0) is 28.3. The van der Waals surface area contributed by atoms with E-state index in [-0.39, 0.29) is 42.4 Å². The van der Waals surface area contributed by atoms with E-state index in [1.807, 2.05) is 19.9 Å². The van der Waals surface area contributed by atoms with Crippen molar-refractivity contribution in [3.8, 4) is 11.1 Å². The van der Waals surface area contributed by atoms with E-state index in [0.717, 1.165) is 11.8 Å². The van der Waals surface area contributed by atoms with Crippen LogP contribution < -0.4 is 16.4 Å². The summed E-state index contributed by atoms with van der Waals surface area (Å²) in [5.41, 5.74) is 2.48. The van der Waals surface area contributed by atoms with Crippen LogP contribution in [0.2, 0.25) is 0 Å². The van der Waals surface area contributed by atoms with Gasteiger partial charge in [0.25, 0.3) is 11.5 Å². The van der Waals surface area contributed by atoms with Gasteiger partial charge in [0.1, 0.15) is 5.82 Å². The molecule has 0 aliphatic heterocycles. The van der Waals surface area contributed by atoms with Crippen molar-refractivity contribution in [2.24, 2.45) is 0 Å². The standard InChI is InChI=1S/C27H34FN3O6S.ClH/c1-26(2,37-4)17-29-16-18-6-8-21(23(28)14-18)19-7-9-22-20(15-19)10-12-31(24(22)32)13-11-27(3,25(33)30-34)38(5,35)36;/h6-10,12,14-15,29,34H,11,13,16-17H2,1-5H3,(H,30,33);1H/t27-;/m1./s1. The normalized spacial score (nSPS) is 13.5. The number of amides is 1. The second-order valence-electron chi connectivity index (χ2n) is 10.2. The minimum Gasteiger partial charge on any atom is -0.377 e. The fourth-order valence-corrected chi connectivity index (χ4v) is 4.88. The summed E-state index contributed by atoms with van der Waals surface area (Å²) in [4.78, 5) is 25.1. The average molecular weight is 584 g/mol. The zero-order valence-electron chi connectivity index (χ0n) is 22.6. The van der Waals surface area contributed by atoms with Gasteiger partial charge in [0.15, 0.2) is 14.6 Å². The highest BCUT2D eigenvalue weighted by molar-refractivity contribution is 7.92. The van der Waals surface area contributed by atoms with Gasteiger partial charge in [-0.25, -0.2) is 18.3 Å². The van der Waals surface area contributed by atoms with E-state index >= 15 is 0 Å². The van der Waals surface area contributed by atoms with Crippen molar-refractivity contribution < 1.29 is 27.5 Å². The number of nitrogens with one attached hydrogen (secondary N) is 2. The predicted molar refractivity (Wildman–Crippen MR) is 151 cm³/mol. The highest BCUT2D eigenvalue weighted by atomic mass is 35.5. The molecule has 0 saturated carbocycles. The van der Waals surface area contributed by atoms with Gasteiger partial charge in [-0.2, -0.15) is 0 Å². The van der Waals surface area contributed by atoms with E-state index in [2.05, 4.69) is 5.32 Å². The first-order valence-corrected chi connectivity index (χ1v) is 13.9. The fourth-order valence-electron chi connectivity index (χ4n) is 4.03. The Labute approximate surface area is 233 Å². The van der Waals surface area contributed by atoms with Gasteiger partial charge in [0.2, 0.25) is 0 Å². The van der Waals surface area contributed by atoms with Gasteiger partial charge in [-0.15, -0.1) is 12.4 Å². The summed E-state index contributed by atoms with van der Waals surface area (Å²) in [6.07, 6.45) is 2.18. The number of aromatic nitrogens is 1. The summed E-state index contributed by atoms with van der Waals surface area (Å²) >= 11 is 0. The molecule has 1 heterocycles. The van der Waals surface area contributed by atoms with E-state index in [4.69, 9.17) is 9.94 Å². The molecule has 2 aromatic carbocycles. The van der Waals surface area contributed by atoms with Crippen LogP contribution in [0.3, 0.4) is 0 Å². The summed E-state index contributed by atoms with van der Waals surface area (Å²) in [5.74, 6) is -1.45. The molecular formula is C27H35ClFN3O6S. The van der Waals surface area contributed by atoms with Crippen molar-refractivity contribution in [3.63, 3.8) is 0 Å². The SMILES string of the molecule is COC(C)(C)CNCc1ccc(-c2ccc3c(=O)n(CC[C@](C)(C(=O)NO)S(C)(=O)=O)ccc3c2)c(F)c1.Cl. The Morgan fingerprint density at radius 3 is 2.41 bits per heavy atom. The Hall–Kier alpha value is -2.83. The van der Waals surface area contributed by atoms with Crippen LogP contribution in [-0.4, -0.2) is 54.4 Å². The Kier molecular flexibility index (Phi) is 10.4. The molecule has 0 bridgehead atoms. The molecule has 39 heavy (non-hydrogen) atoms. The summed E-state index contributed by atoms with van der Waals surface area (Å²) < 4.78 is 44.2. The molecule has 0 aliphatic rings. The van der Waals surface area contributed by atoms with E-state index in [1.165, 1.54) is 29.2 Å². The van der Waals surface area contributed by atoms with E-state index < -0.39 is 20.5 Å². The van der Waals surface area contributed by atoms with Crippen molar-refractivity contribution in [3.05, 3.63) is 70.4 Å². The molecule has 0 fully saturated rings. The second kappa shape index (κ2) is 12.6. The monoisotopic (exact) mass is 583 g/mol. The molecule has 3 rings (SSSR count). The third-order valence-electron chi connectivity index (χ3n) is 6.98. The quantitative estimate of drug-likeness (QED) is 0.233. The largest absolute Gasteiger partial charge is 0.377 e. The topological polar surface area (TPSA) is 127 Å². The minimum absolute atomic E-state index is 0. The minimum atomic E-state index is -3.89. The average Bonchev–Trinajstić information content (AvgIpc) is 2.86. The first-order valence-electron chi connectivity index (χ1n) is 12.0. The van der Waals surface area contributed by atoms with E-state index in [1.54, 1.807) is 37.4 Å². The fraction of sp³-hybridized carbons (Fsp3) is 0.407. The van der Waals surface area contributed by atoms with Crippen LogP contribution in [-0.2, 0) is 32.5 Å². The van der Waals surface area contributed by atoms with Crippen molar-refractivity contribution >= 4 is 38.9 Å². The third-order valence-corrected chi connectivity index (χ3v) is 9.01. The van der Waals surface area contributed by atoms with Gasteiger partial charge in [0.05, 0.1) is 5.60 Å². The van der Waals surface area contributed by atoms with Gasteiger partial charge in [-0.3, -0.25) is 14.8 Å². The zero-order valence-corrected chi connectivity index (χ0v) is 24.2. The number of pyridine rings is 1. The molecule has 3 N–H and O–H groups in total. The molecular weight excluding hydrogens is 549 g/mol. The second-order valence-corrected chi connectivity index (χ2v) is 12.6. The van der Waals surface area contributed by atoms with Gasteiger partial charge < -0.3 is 14.6 Å². The highest BCUT2D eigenvalue weighted by Crippen LogP contribution is 2.27. The molecule has 0 unspecified atom stereocenters. The first-order chi connectivity index (χ1) is 17.7. The van der Waals surface area contributed by atoms with Crippen LogP contribution in [0.5, 0.6) is 0 Å². The molecule has 0 spiro atoms. The number of fused-ring (bicyclic) bond motifs is 1. The molecule has 0 radical (unpaired) electrons. The Morgan fingerprint density at radius 1 is 1.13 bits per heavy atom. The van der Waals surface area contributed by atoms with Crippen molar-refractivity contribution in [2.45, 2.75) is 50.6 Å². The van der Waals surface area contributed by atoms with Crippen LogP contribution in [0.4, 0.5) is 4.39 Å². The molecule has 1 amide bonds. The molecule has 3 aromatic rings. The lowest BCUT2D eigenvalue weighted by Gasteiger charge is -2.25. The number of hydroxylamine groups is 1. The summed E-state index contributed by atoms with van der Waals surface area (Å²) in [5, 5.41) is 13.2. The van der Waals surface area contributed by atoms with Gasteiger partial charge in [-0.1, -0.05) is 18.2 Å². The van der Waals surface area contributed by atoms with Crippen LogP contribution in [0.25, 0.3) is 21.9 Å². The van der Waals surface area contributed by atoms with Gasteiger partial charge in [-0.05, 0) is 68.0 Å². The van der Waals surface area contributed by atoms with E-state index in [0.29, 0.717) is 35.0 Å². The number of hydrogen-bond acceptors (Lipinski definition) is 7. The molecule has 12 heteroatoms. The van der Waals surface area contributed by atoms with Gasteiger partial charge in [0, 0.05) is 50.1 Å². The lowest BCUT2D eigenvalue weighted by Crippen LogP contribution is -2.49. The Balaban J connectivity index is 0.00000533. The number of nitrogens with zero attached hydrogens (tertiary/aromatic N) is 1. The summed E-state index contributed by atoms with van der Waals surface area (Å²) in [6.45, 7) is 6.14. The number of carbonyl (C=O) groups excluding carboxylic acids is 1. The predicted octanol–water partition coefficient (Wildman–Crippen LogP) is 3.44. The molecule has 1 aromatic heterocycles. The number of halogens is 2. The number of carbonyl (C=O) groups is 1. The number of ether oxygens (including phenoxy) is 1. The third kappa shape index (κ3) is 7.23. The maximum Gasteiger partial charge on any atom is 0.264 e. The van der Waals surface area contributed by atoms with Crippen molar-refractivity contribution in [1.82, 2.24) is 15.4 Å². The van der Waals surface area contributed by atoms with E-state index in [9.17, 15) is 22.4 Å². The number of rotatable bonds is 11. The smallest absolute Gasteiger partial charge is 0.264 e. The Bertz CT molecular complexity index is 1510. The van der Waals surface area contributed by atoms with Gasteiger partial charge >= 0.3 is 0 Å². The highest BCUT2D eigenvalue weighted by Gasteiger charge is 2.43. The maximum atomic E-state index is 15.0. The van der Waals surface area contributed by atoms with Crippen LogP contribution in [0.15, 0.2) is 53.5 Å². The van der Waals surface area contributed by atoms with Crippen LogP contribution in [0, 0.1) is 5.82 Å². The Morgan fingerprint density at radius 2 is 1.82 bits per heavy atom. The number of benzene rings is 2. The summed E-state index contributed by atoms with van der Waals surface area (Å²) in [6, 6.07) is 11.7. The lowest BCUT2D eigenvalue weighted by atomic mass is 10.00. The molecule has 1 atom stereocenters. The molecule has 9 nitrogen and oxygen atoms in total. The molecule has 0 aliphatic carbocycles. The lowest BCUT2D eigenvalue weighted by molar-refractivity contribution is -0.131. The molecule has 0 saturated heterocycles. The van der Waals surface area contributed by atoms with Crippen LogP contribution >= 0.6 is 12.4 Å². The number of methoxy groups -OCH3 is 1. The number of sulfone groups is 1. The number of hydrogen-bond donors (Lipinski definition) is 3.